The van der Waals surface area contributed by atoms with Crippen LogP contribution in [0.5, 0.6) is 5.75 Å². The highest BCUT2D eigenvalue weighted by Crippen LogP contribution is 2.18. The Labute approximate surface area is 849 Å². The van der Waals surface area contributed by atoms with Gasteiger partial charge in [0.25, 0.3) is 0 Å². The Hall–Kier alpha value is -7.85. The SMILES string of the molecule is C.CC(C)C(=O)CC(NC(=O)C(C)C)C(=O)C(C)C.CC(C)C(=O)CCC(=O)CCC(=O)C(C)C.CC(C)C(=O)CCC(=O)CCCCC(=O)NCC(=O)C(C)C.CC(C)C(=O)CCCCC(=O)CCC(=O)C(C)C.CC(C)NCCC(=O)C(C)C.CC(C)NCCCC(=O)CCC(=O)C(C)C.CC(C)NCCCC(=O)CCCNC(C)C.CC(C)N[C@@H](Cc1ccc(O)cc1)C(=O)CCC(=O)C(C)C. The maximum Gasteiger partial charge on any atom is 0.223 e. The van der Waals surface area contributed by atoms with Gasteiger partial charge in [0.1, 0.15) is 86.7 Å². The van der Waals surface area contributed by atoms with Crippen molar-refractivity contribution in [2.45, 2.75) is 471 Å². The second-order valence-corrected chi connectivity index (χ2v) is 41.8. The molecule has 0 spiro atoms. The summed E-state index contributed by atoms with van der Waals surface area (Å²) >= 11 is 0. The number of carbonyl (C=O) groups excluding carboxylic acids is 19. The van der Waals surface area contributed by atoms with Crippen molar-refractivity contribution in [2.24, 2.45) is 71.0 Å². The lowest BCUT2D eigenvalue weighted by atomic mass is 9.93. The fraction of sp³-hybridized carbons (Fsp3) is 0.779. The molecule has 8 N–H and O–H groups in total. The zero-order valence-corrected chi connectivity index (χ0v) is 93.5. The molecular formula is C113H205N7O20. The van der Waals surface area contributed by atoms with Crippen molar-refractivity contribution in [2.75, 3.05) is 32.7 Å². The van der Waals surface area contributed by atoms with E-state index in [0.717, 1.165) is 76.7 Å². The van der Waals surface area contributed by atoms with Gasteiger partial charge in [-0.05, 0) is 88.7 Å². The molecule has 0 fully saturated rings. The number of aromatic hydroxyl groups is 1. The van der Waals surface area contributed by atoms with Gasteiger partial charge in [-0.15, -0.1) is 0 Å². The van der Waals surface area contributed by atoms with Crippen LogP contribution in [0, 0.1) is 71.0 Å². The zero-order chi connectivity index (χ0) is 109. The van der Waals surface area contributed by atoms with Gasteiger partial charge < -0.3 is 42.3 Å². The number of phenols is 1. The molecule has 0 heterocycles. The number of phenolic OH excluding ortho intramolecular Hbond substituents is 1. The third kappa shape index (κ3) is 96.3. The van der Waals surface area contributed by atoms with E-state index in [1.54, 1.807) is 67.5 Å². The van der Waals surface area contributed by atoms with Gasteiger partial charge >= 0.3 is 0 Å². The third-order valence-corrected chi connectivity index (χ3v) is 21.9. The summed E-state index contributed by atoms with van der Waals surface area (Å²) in [5.74, 6) is 1.80. The average Bonchev–Trinajstić information content (AvgIpc) is 0.881. The highest BCUT2D eigenvalue weighted by molar-refractivity contribution is 5.96. The van der Waals surface area contributed by atoms with Crippen LogP contribution in [0.3, 0.4) is 0 Å². The van der Waals surface area contributed by atoms with Crippen LogP contribution in [-0.2, 0) is 97.5 Å². The Bertz CT molecular complexity index is 3550. The van der Waals surface area contributed by atoms with Crippen molar-refractivity contribution in [1.82, 2.24) is 37.2 Å². The van der Waals surface area contributed by atoms with Crippen molar-refractivity contribution in [3.8, 4) is 5.75 Å². The van der Waals surface area contributed by atoms with E-state index in [-0.39, 0.29) is 227 Å². The van der Waals surface area contributed by atoms with Gasteiger partial charge in [0.05, 0.1) is 18.6 Å². The smallest absolute Gasteiger partial charge is 0.223 e. The van der Waals surface area contributed by atoms with E-state index < -0.39 is 6.04 Å². The maximum atomic E-state index is 12.4. The fourth-order valence-corrected chi connectivity index (χ4v) is 11.8. The Kier molecular flexibility index (Phi) is 94.8. The van der Waals surface area contributed by atoms with Crippen LogP contribution in [0.1, 0.15) is 428 Å². The van der Waals surface area contributed by atoms with Crippen LogP contribution in [0.2, 0.25) is 0 Å². The molecule has 2 atom stereocenters. The zero-order valence-electron chi connectivity index (χ0n) is 93.5. The van der Waals surface area contributed by atoms with Crippen LogP contribution in [0.15, 0.2) is 24.3 Å². The standard InChI is InChI=1S/C18H27NO3.C17H29NO4.C15H26O3.C14H25NO3.C13H28N2O.C13H25NO2.C13H22O3.C9H19NO.CH4/c1-12(2)17(21)9-10-18(22)16(19-13(3)4)11-14-5-7-15(20)8-6-14;1-12(2)15(20)10-9-14(19)7-5-6-8-17(22)18-11-16(21)13(3)4;1-11(2)14(17)8-6-5-7-13(16)9-10-15(18)12(3)4;1-8(2)12(16)7-11(13(17)9(3)4)15-14(18)10(5)6;1-11(2)14-9-5-7-13(16)8-6-10-15-12(3)4;1-10(2)13(16)8-7-12(15)6-5-9-14-11(3)4;1-9(2)12(15)7-5-11(14)6-8-13(16)10(3)4;1-7(2)9(11)5-6-10-8(3)4;/h5-8,12-13,16,19-20H,9-11H2,1-4H3;12-13H,5-11H2,1-4H3,(H,18,22);11-12H,5-10H2,1-4H3;8-11H,7H2,1-6H3,(H,15,18);11-12,14-15H,5-10H2,1-4H3;10-11,14H,5-9H2,1-4H3;9-10H,5-8H2,1-4H3;7-8,10H,5-6H2,1-4H3;1H4/t16-;;;;;;;;/m0......../s1. The number of carbonyl (C=O) groups is 19. The van der Waals surface area contributed by atoms with Gasteiger partial charge in [0.15, 0.2) is 17.3 Å². The summed E-state index contributed by atoms with van der Waals surface area (Å²) in [6.45, 7) is 68.6. The van der Waals surface area contributed by atoms with Gasteiger partial charge in [-0.3, -0.25) is 91.1 Å². The molecule has 140 heavy (non-hydrogen) atoms. The first-order chi connectivity index (χ1) is 64.4. The minimum Gasteiger partial charge on any atom is -0.508 e. The van der Waals surface area contributed by atoms with Crippen molar-refractivity contribution in [1.29, 1.82) is 0 Å². The Morgan fingerprint density at radius 3 is 0.793 bits per heavy atom. The van der Waals surface area contributed by atoms with Gasteiger partial charge in [0, 0.05) is 243 Å². The first-order valence-electron chi connectivity index (χ1n) is 52.3. The maximum absolute atomic E-state index is 12.4. The molecular weight excluding hydrogens is 1780 g/mol. The molecule has 1 unspecified atom stereocenters. The molecule has 0 radical (unpaired) electrons. The average molecular weight is 1980 g/mol. The van der Waals surface area contributed by atoms with Crippen LogP contribution in [-0.4, -0.2) is 190 Å². The normalized spacial score (nSPS) is 11.4. The molecule has 1 aromatic rings. The third-order valence-electron chi connectivity index (χ3n) is 21.9. The molecule has 812 valence electrons. The Balaban J connectivity index is -0.000000238. The monoisotopic (exact) mass is 1980 g/mol. The first kappa shape index (κ1) is 147. The number of Topliss-reactive ketones (excluding diaryl/α,β-unsaturated/α-hetero) is 17. The van der Waals surface area contributed by atoms with Crippen molar-refractivity contribution in [3.05, 3.63) is 29.8 Å². The Morgan fingerprint density at radius 2 is 0.500 bits per heavy atom. The quantitative estimate of drug-likeness (QED) is 0.0281. The number of ketones is 17. The van der Waals surface area contributed by atoms with Crippen molar-refractivity contribution >= 4 is 110 Å². The number of unbranched alkanes of at least 4 members (excludes halogenated alkanes) is 2. The van der Waals surface area contributed by atoms with Crippen LogP contribution < -0.4 is 37.2 Å². The summed E-state index contributed by atoms with van der Waals surface area (Å²) in [4.78, 5) is 219. The summed E-state index contributed by atoms with van der Waals surface area (Å²) in [6.07, 6.45) is 14.7. The number of hydrogen-bond acceptors (Lipinski definition) is 25. The van der Waals surface area contributed by atoms with E-state index >= 15 is 0 Å². The van der Waals surface area contributed by atoms with Gasteiger partial charge in [0.2, 0.25) is 11.8 Å². The molecule has 27 nitrogen and oxygen atoms in total. The molecule has 0 aromatic heterocycles. The number of amides is 2. The van der Waals surface area contributed by atoms with Crippen molar-refractivity contribution in [3.63, 3.8) is 0 Å². The molecule has 1 rings (SSSR count). The lowest BCUT2D eigenvalue weighted by Gasteiger charge is -2.21. The minimum absolute atomic E-state index is 0. The van der Waals surface area contributed by atoms with Crippen LogP contribution in [0.25, 0.3) is 0 Å². The molecule has 0 aliphatic carbocycles. The lowest BCUT2D eigenvalue weighted by Crippen LogP contribution is -2.45. The molecule has 2 amide bonds. The number of benzene rings is 1. The second kappa shape index (κ2) is 90.0. The molecule has 0 saturated heterocycles. The summed E-state index contributed by atoms with van der Waals surface area (Å²) in [6, 6.07) is 8.06. The van der Waals surface area contributed by atoms with Crippen LogP contribution >= 0.6 is 0 Å². The van der Waals surface area contributed by atoms with Gasteiger partial charge in [-0.1, -0.05) is 255 Å². The molecule has 1 aromatic carbocycles. The largest absolute Gasteiger partial charge is 0.508 e. The highest BCUT2D eigenvalue weighted by Gasteiger charge is 2.28. The van der Waals surface area contributed by atoms with Crippen molar-refractivity contribution < 1.29 is 96.2 Å². The predicted molar refractivity (Wildman–Crippen MR) is 571 cm³/mol. The van der Waals surface area contributed by atoms with Crippen LogP contribution in [0.4, 0.5) is 0 Å². The second-order valence-electron chi connectivity index (χ2n) is 41.8. The first-order valence-corrected chi connectivity index (χ1v) is 52.3. The molecule has 0 aliphatic heterocycles. The topological polar surface area (TPSA) is 429 Å². The van der Waals surface area contributed by atoms with E-state index in [2.05, 4.69) is 92.6 Å². The van der Waals surface area contributed by atoms with E-state index in [0.29, 0.717) is 151 Å². The van der Waals surface area contributed by atoms with E-state index in [1.165, 1.54) is 0 Å². The van der Waals surface area contributed by atoms with E-state index in [1.807, 2.05) is 137 Å². The summed E-state index contributed by atoms with van der Waals surface area (Å²) < 4.78 is 0. The fourth-order valence-electron chi connectivity index (χ4n) is 11.8. The summed E-state index contributed by atoms with van der Waals surface area (Å²) in [5.41, 5.74) is 0.986. The predicted octanol–water partition coefficient (Wildman–Crippen LogP) is 19.9. The minimum atomic E-state index is -0.685. The van der Waals surface area contributed by atoms with Gasteiger partial charge in [-0.2, -0.15) is 0 Å². The van der Waals surface area contributed by atoms with Gasteiger partial charge in [-0.25, -0.2) is 0 Å². The van der Waals surface area contributed by atoms with E-state index in [4.69, 9.17) is 0 Å². The molecule has 27 heteroatoms. The molecule has 0 saturated carbocycles. The lowest BCUT2D eigenvalue weighted by molar-refractivity contribution is -0.133. The molecule has 0 aliphatic rings. The summed E-state index contributed by atoms with van der Waals surface area (Å²) in [7, 11) is 0. The number of hydrogen-bond donors (Lipinski definition) is 8. The van der Waals surface area contributed by atoms with E-state index in [9.17, 15) is 96.2 Å². The summed E-state index contributed by atoms with van der Waals surface area (Å²) in [5, 5.41) is 31.0. The molecule has 0 bridgehead atoms. The number of rotatable bonds is 70. The highest BCUT2D eigenvalue weighted by atomic mass is 16.3. The Morgan fingerprint density at radius 1 is 0.243 bits per heavy atom. The number of nitrogens with one attached hydrogen (secondary N) is 7.